The Bertz CT molecular complexity index is 827. The Morgan fingerprint density at radius 3 is 3.17 bits per heavy atom. The predicted molar refractivity (Wildman–Crippen MR) is 93.5 cm³/mol. The minimum absolute atomic E-state index is 0.181. The molecule has 3 N–H and O–H groups in total. The second-order valence-electron chi connectivity index (χ2n) is 5.10. The van der Waals surface area contributed by atoms with Gasteiger partial charge in [0.1, 0.15) is 6.10 Å². The van der Waals surface area contributed by atoms with E-state index in [2.05, 4.69) is 26.5 Å². The van der Waals surface area contributed by atoms with Crippen LogP contribution in [0.25, 0.3) is 16.9 Å². The van der Waals surface area contributed by atoms with Gasteiger partial charge >= 0.3 is 0 Å². The van der Waals surface area contributed by atoms with Gasteiger partial charge in [0.25, 0.3) is 6.01 Å². The van der Waals surface area contributed by atoms with Gasteiger partial charge in [-0.05, 0) is 25.1 Å². The van der Waals surface area contributed by atoms with E-state index in [4.69, 9.17) is 15.2 Å². The van der Waals surface area contributed by atoms with E-state index in [0.29, 0.717) is 24.0 Å². The van der Waals surface area contributed by atoms with Crippen LogP contribution in [-0.2, 0) is 4.74 Å². The molecule has 1 aliphatic rings. The Balaban J connectivity index is 2.08. The molecule has 0 radical (unpaired) electrons. The van der Waals surface area contributed by atoms with Crippen LogP contribution in [0.15, 0.2) is 42.3 Å². The van der Waals surface area contributed by atoms with Crippen LogP contribution in [0.2, 0.25) is 0 Å². The van der Waals surface area contributed by atoms with Crippen molar-refractivity contribution >= 4 is 23.1 Å². The molecule has 0 fully saturated rings. The molecule has 0 aliphatic carbocycles. The first-order chi connectivity index (χ1) is 11.7. The third-order valence-electron chi connectivity index (χ3n) is 3.51. The molecule has 7 nitrogen and oxygen atoms in total. The molecule has 0 spiro atoms. The smallest absolute Gasteiger partial charge is 0.296 e. The van der Waals surface area contributed by atoms with Gasteiger partial charge in [0.15, 0.2) is 5.65 Å². The topological polar surface area (TPSA) is 98.4 Å². The molecule has 3 heterocycles. The molecule has 7 heteroatoms. The maximum Gasteiger partial charge on any atom is 0.296 e. The quantitative estimate of drug-likeness (QED) is 0.796. The molecule has 2 aromatic heterocycles. The summed E-state index contributed by atoms with van der Waals surface area (Å²) in [4.78, 5) is 16.0. The van der Waals surface area contributed by atoms with Gasteiger partial charge in [-0.2, -0.15) is 4.98 Å². The number of rotatable bonds is 6. The molecule has 24 heavy (non-hydrogen) atoms. The normalized spacial score (nSPS) is 17.5. The number of aromatic nitrogens is 3. The van der Waals surface area contributed by atoms with E-state index in [1.807, 2.05) is 19.1 Å². The van der Waals surface area contributed by atoms with Gasteiger partial charge in [-0.3, -0.25) is 4.99 Å². The van der Waals surface area contributed by atoms with Gasteiger partial charge in [-0.1, -0.05) is 6.58 Å². The summed E-state index contributed by atoms with van der Waals surface area (Å²) in [6.45, 7) is 5.96. The highest BCUT2D eigenvalue weighted by Gasteiger charge is 2.22. The summed E-state index contributed by atoms with van der Waals surface area (Å²) in [5, 5.41) is 0. The average molecular weight is 325 g/mol. The Morgan fingerprint density at radius 2 is 2.46 bits per heavy atom. The molecule has 0 saturated carbocycles. The monoisotopic (exact) mass is 325 g/mol. The number of hydrogen-bond donors (Lipinski definition) is 2. The van der Waals surface area contributed by atoms with Crippen LogP contribution >= 0.6 is 0 Å². The lowest BCUT2D eigenvalue weighted by atomic mass is 10.0. The second-order valence-corrected chi connectivity index (χ2v) is 5.10. The maximum absolute atomic E-state index is 6.21. The Hall–Kier alpha value is -3.09. The van der Waals surface area contributed by atoms with Gasteiger partial charge in [-0.15, -0.1) is 0 Å². The van der Waals surface area contributed by atoms with Crippen LogP contribution in [0.3, 0.4) is 0 Å². The zero-order chi connectivity index (χ0) is 16.9. The first-order valence-electron chi connectivity index (χ1n) is 7.67. The zero-order valence-corrected chi connectivity index (χ0v) is 13.4. The van der Waals surface area contributed by atoms with Crippen molar-refractivity contribution in [1.82, 2.24) is 15.0 Å². The van der Waals surface area contributed by atoms with Crippen molar-refractivity contribution in [1.29, 1.82) is 0 Å². The summed E-state index contributed by atoms with van der Waals surface area (Å²) in [5.74, 6) is 0. The van der Waals surface area contributed by atoms with Crippen molar-refractivity contribution in [2.75, 3.05) is 6.61 Å². The molecule has 0 bridgehead atoms. The van der Waals surface area contributed by atoms with Gasteiger partial charge < -0.3 is 20.2 Å². The summed E-state index contributed by atoms with van der Waals surface area (Å²) in [6.07, 6.45) is 8.92. The number of pyridine rings is 1. The number of ether oxygens (including phenoxy) is 2. The van der Waals surface area contributed by atoms with Gasteiger partial charge in [0.05, 0.1) is 24.1 Å². The third kappa shape index (κ3) is 3.15. The molecular formula is C17H19N5O2. The van der Waals surface area contributed by atoms with Crippen molar-refractivity contribution in [3.63, 3.8) is 0 Å². The molecule has 2 aromatic rings. The lowest BCUT2D eigenvalue weighted by Gasteiger charge is -2.14. The Labute approximate surface area is 139 Å². The van der Waals surface area contributed by atoms with Crippen molar-refractivity contribution in [2.24, 2.45) is 10.7 Å². The van der Waals surface area contributed by atoms with Crippen LogP contribution in [0.1, 0.15) is 30.7 Å². The number of imidazole rings is 1. The fraction of sp³-hybridized carbons (Fsp3) is 0.235. The fourth-order valence-electron chi connectivity index (χ4n) is 2.45. The van der Waals surface area contributed by atoms with E-state index in [0.717, 1.165) is 23.2 Å². The van der Waals surface area contributed by atoms with E-state index in [9.17, 15) is 0 Å². The van der Waals surface area contributed by atoms with Crippen molar-refractivity contribution in [3.8, 4) is 6.01 Å². The van der Waals surface area contributed by atoms with Crippen molar-refractivity contribution in [3.05, 3.63) is 48.5 Å². The summed E-state index contributed by atoms with van der Waals surface area (Å²) >= 11 is 0. The largest absolute Gasteiger partial charge is 0.492 e. The molecule has 0 amide bonds. The Morgan fingerprint density at radius 1 is 1.58 bits per heavy atom. The van der Waals surface area contributed by atoms with Gasteiger partial charge in [0.2, 0.25) is 0 Å². The number of nitrogens with two attached hydrogens (primary N) is 1. The molecule has 124 valence electrons. The summed E-state index contributed by atoms with van der Waals surface area (Å²) in [5.41, 5.74) is 9.58. The summed E-state index contributed by atoms with van der Waals surface area (Å²) < 4.78 is 11.0. The number of fused-ring (bicyclic) bond motifs is 1. The standard InChI is InChI=1S/C17H19N5O2/c1-3-19-8-7-12(18)11-10-13-16(22-17(20-13)23-4-2)21-15(11)14-6-5-9-24-14/h3,5,7-10,14H,1,4,6,18H2,2H3,(H,20,21,22)/b12-7-,19-8-. The van der Waals surface area contributed by atoms with E-state index in [1.165, 1.54) is 6.20 Å². The van der Waals surface area contributed by atoms with Gasteiger partial charge in [-0.25, -0.2) is 4.98 Å². The molecule has 1 aliphatic heterocycles. The maximum atomic E-state index is 6.21. The lowest BCUT2D eigenvalue weighted by Crippen LogP contribution is -2.08. The Kier molecular flexibility index (Phi) is 4.60. The number of allylic oxidation sites excluding steroid dienone is 1. The molecule has 1 unspecified atom stereocenters. The highest BCUT2D eigenvalue weighted by atomic mass is 16.5. The SMILES string of the molecule is C=C/N=C\C=C(/N)c1cc2[nH]c(OCC)nc2nc1C1CC=CO1. The first kappa shape index (κ1) is 15.8. The lowest BCUT2D eigenvalue weighted by molar-refractivity contribution is 0.169. The van der Waals surface area contributed by atoms with E-state index < -0.39 is 0 Å². The molecule has 0 saturated heterocycles. The molecule has 3 rings (SSSR count). The molecule has 0 aromatic carbocycles. The number of aliphatic imine (C=N–C) groups is 1. The van der Waals surface area contributed by atoms with Crippen molar-refractivity contribution in [2.45, 2.75) is 19.4 Å². The van der Waals surface area contributed by atoms with E-state index in [-0.39, 0.29) is 6.10 Å². The number of nitrogens with zero attached hydrogens (tertiary/aromatic N) is 3. The minimum Gasteiger partial charge on any atom is -0.492 e. The van der Waals surface area contributed by atoms with Crippen molar-refractivity contribution < 1.29 is 9.47 Å². The highest BCUT2D eigenvalue weighted by molar-refractivity contribution is 5.86. The van der Waals surface area contributed by atoms with Crippen LogP contribution in [-0.4, -0.2) is 27.8 Å². The van der Waals surface area contributed by atoms with Crippen LogP contribution < -0.4 is 10.5 Å². The minimum atomic E-state index is -0.181. The van der Waals surface area contributed by atoms with E-state index >= 15 is 0 Å². The van der Waals surface area contributed by atoms with Crippen LogP contribution in [0, 0.1) is 0 Å². The third-order valence-corrected chi connectivity index (χ3v) is 3.51. The number of aromatic amines is 1. The van der Waals surface area contributed by atoms with Crippen LogP contribution in [0.5, 0.6) is 6.01 Å². The second kappa shape index (κ2) is 6.99. The summed E-state index contributed by atoms with van der Waals surface area (Å²) in [7, 11) is 0. The summed E-state index contributed by atoms with van der Waals surface area (Å²) in [6, 6.07) is 2.34. The first-order valence-corrected chi connectivity index (χ1v) is 7.67. The number of hydrogen-bond acceptors (Lipinski definition) is 6. The molecular weight excluding hydrogens is 306 g/mol. The zero-order valence-electron chi connectivity index (χ0n) is 13.4. The average Bonchev–Trinajstić information content (AvgIpc) is 3.22. The number of nitrogens with one attached hydrogen (secondary N) is 1. The van der Waals surface area contributed by atoms with E-state index in [1.54, 1.807) is 18.6 Å². The number of H-pyrrole nitrogens is 1. The molecule has 1 atom stereocenters. The van der Waals surface area contributed by atoms with Gasteiger partial charge in [0, 0.05) is 30.1 Å². The highest BCUT2D eigenvalue weighted by Crippen LogP contribution is 2.32. The fourth-order valence-corrected chi connectivity index (χ4v) is 2.45. The predicted octanol–water partition coefficient (Wildman–Crippen LogP) is 2.85. The van der Waals surface area contributed by atoms with Crippen LogP contribution in [0.4, 0.5) is 0 Å².